The van der Waals surface area contributed by atoms with E-state index < -0.39 is 43.5 Å². The first-order valence-corrected chi connectivity index (χ1v) is 18.0. The van der Waals surface area contributed by atoms with E-state index in [9.17, 15) is 19.0 Å². The molecule has 4 unspecified atom stereocenters. The summed E-state index contributed by atoms with van der Waals surface area (Å²) >= 11 is 0. The maximum atomic E-state index is 12.9. The average Bonchev–Trinajstić information content (AvgIpc) is 3.41. The van der Waals surface area contributed by atoms with Crippen molar-refractivity contribution in [3.63, 3.8) is 0 Å². The first-order chi connectivity index (χ1) is 21.1. The molecule has 1 aromatic heterocycles. The molecule has 0 amide bonds. The molecule has 2 rings (SSSR count). The van der Waals surface area contributed by atoms with E-state index in [0.29, 0.717) is 12.2 Å². The lowest BCUT2D eigenvalue weighted by Crippen LogP contribution is -2.36. The van der Waals surface area contributed by atoms with Crippen LogP contribution < -0.4 is 11.2 Å². The third-order valence-corrected chi connectivity index (χ3v) is 9.43. The van der Waals surface area contributed by atoms with Crippen LogP contribution in [0.5, 0.6) is 0 Å². The van der Waals surface area contributed by atoms with Gasteiger partial charge in [-0.2, -0.15) is 0 Å². The van der Waals surface area contributed by atoms with Crippen molar-refractivity contribution in [1.29, 1.82) is 0 Å². The van der Waals surface area contributed by atoms with Gasteiger partial charge in [0, 0.05) is 30.4 Å². The molecule has 1 aliphatic heterocycles. The molecule has 252 valence electrons. The minimum atomic E-state index is -4.18. The molecular formula is C30H54N5O8P. The number of rotatable bonds is 25. The Balaban J connectivity index is 1.63. The smallest absolute Gasteiger partial charge is 0.330 e. The third-order valence-electron chi connectivity index (χ3n) is 8.03. The second kappa shape index (κ2) is 20.9. The van der Waals surface area contributed by atoms with Gasteiger partial charge in [-0.05, 0) is 31.7 Å². The first-order valence-electron chi connectivity index (χ1n) is 16.3. The summed E-state index contributed by atoms with van der Waals surface area (Å²) in [6.45, 7) is 4.01. The number of nitrogens with zero attached hydrogens (tertiary/aromatic N) is 4. The fourth-order valence-corrected chi connectivity index (χ4v) is 6.60. The zero-order valence-corrected chi connectivity index (χ0v) is 27.8. The van der Waals surface area contributed by atoms with Crippen LogP contribution in [0.3, 0.4) is 0 Å². The number of ether oxygens (including phenoxy) is 3. The van der Waals surface area contributed by atoms with E-state index in [1.54, 1.807) is 6.92 Å². The summed E-state index contributed by atoms with van der Waals surface area (Å²) in [4.78, 5) is 39.5. The number of azide groups is 1. The largest absolute Gasteiger partial charge is 0.379 e. The van der Waals surface area contributed by atoms with E-state index in [0.717, 1.165) is 12.8 Å². The van der Waals surface area contributed by atoms with Gasteiger partial charge in [-0.25, -0.2) is 4.79 Å². The molecule has 2 N–H and O–H groups in total. The van der Waals surface area contributed by atoms with Crippen LogP contribution in [0.1, 0.15) is 121 Å². The molecule has 0 saturated carbocycles. The summed E-state index contributed by atoms with van der Waals surface area (Å²) < 4.78 is 36.3. The highest BCUT2D eigenvalue weighted by Crippen LogP contribution is 2.46. The summed E-state index contributed by atoms with van der Waals surface area (Å²) in [6.07, 6.45) is 17.9. The van der Waals surface area contributed by atoms with Crippen LogP contribution in [0.25, 0.3) is 10.4 Å². The standard InChI is InChI=1S/C30H54N5O8P/c1-4-5-6-7-8-9-10-11-12-13-14-15-16-17-20-41-22-26(40-3)23-44(38,39)42-24-30(33-34-31)19-18-27(43-30)35-21-25(2)28(36)32-29(35)37/h21,26-27H,4-20,22-24H2,1-3H3,(H,38,39)(H,32,36,37). The van der Waals surface area contributed by atoms with Gasteiger partial charge in [0.2, 0.25) is 0 Å². The fourth-order valence-electron chi connectivity index (χ4n) is 5.33. The summed E-state index contributed by atoms with van der Waals surface area (Å²) in [5.41, 5.74) is 6.64. The molecule has 0 aliphatic carbocycles. The summed E-state index contributed by atoms with van der Waals surface area (Å²) in [5, 5.41) is 3.69. The van der Waals surface area contributed by atoms with Crippen molar-refractivity contribution in [2.45, 2.75) is 135 Å². The number of H-pyrrole nitrogens is 1. The van der Waals surface area contributed by atoms with Crippen LogP contribution in [-0.4, -0.2) is 59.4 Å². The normalized spacial score (nSPS) is 20.3. The maximum absolute atomic E-state index is 12.9. The monoisotopic (exact) mass is 643 g/mol. The van der Waals surface area contributed by atoms with Crippen molar-refractivity contribution in [1.82, 2.24) is 9.55 Å². The maximum Gasteiger partial charge on any atom is 0.330 e. The van der Waals surface area contributed by atoms with Crippen molar-refractivity contribution < 1.29 is 28.2 Å². The Morgan fingerprint density at radius 3 is 2.27 bits per heavy atom. The molecule has 1 fully saturated rings. The molecule has 44 heavy (non-hydrogen) atoms. The van der Waals surface area contributed by atoms with E-state index in [1.807, 2.05) is 0 Å². The Morgan fingerprint density at radius 1 is 1.11 bits per heavy atom. The average molecular weight is 644 g/mol. The van der Waals surface area contributed by atoms with Gasteiger partial charge in [0.1, 0.15) is 6.23 Å². The van der Waals surface area contributed by atoms with Crippen LogP contribution in [-0.2, 0) is 23.3 Å². The van der Waals surface area contributed by atoms with Gasteiger partial charge in [0.15, 0.2) is 5.72 Å². The molecular weight excluding hydrogens is 589 g/mol. The minimum Gasteiger partial charge on any atom is -0.379 e. The number of methoxy groups -OCH3 is 1. The Morgan fingerprint density at radius 2 is 1.70 bits per heavy atom. The Kier molecular flexibility index (Phi) is 18.2. The quantitative estimate of drug-likeness (QED) is 0.0381. The molecule has 1 saturated heterocycles. The molecule has 2 heterocycles. The van der Waals surface area contributed by atoms with Gasteiger partial charge in [0.05, 0.1) is 25.5 Å². The zero-order valence-electron chi connectivity index (χ0n) is 26.9. The Hall–Kier alpha value is -1.98. The van der Waals surface area contributed by atoms with Crippen molar-refractivity contribution in [2.75, 3.05) is 33.1 Å². The van der Waals surface area contributed by atoms with Crippen molar-refractivity contribution in [3.8, 4) is 0 Å². The molecule has 0 radical (unpaired) electrons. The minimum absolute atomic E-state index is 0.141. The fraction of sp³-hybridized carbons (Fsp3) is 0.867. The highest BCUT2D eigenvalue weighted by Gasteiger charge is 2.43. The Bertz CT molecular complexity index is 1170. The van der Waals surface area contributed by atoms with Crippen LogP contribution in [0.4, 0.5) is 0 Å². The molecule has 14 heteroatoms. The topological polar surface area (TPSA) is 178 Å². The van der Waals surface area contributed by atoms with E-state index in [2.05, 4.69) is 21.9 Å². The molecule has 1 aliphatic rings. The van der Waals surface area contributed by atoms with Gasteiger partial charge in [-0.15, -0.1) is 0 Å². The number of aromatic nitrogens is 2. The van der Waals surface area contributed by atoms with E-state index in [4.69, 9.17) is 24.3 Å². The molecule has 4 atom stereocenters. The summed E-state index contributed by atoms with van der Waals surface area (Å²) in [6, 6.07) is 0. The SMILES string of the molecule is CCCCCCCCCCCCCCCCOCC(CP(=O)(O)OCC1(N=[N+]=[N-])CCC(n2cc(C)c(=O)[nH]c2=O)O1)OC. The van der Waals surface area contributed by atoms with Gasteiger partial charge < -0.3 is 23.6 Å². The lowest BCUT2D eigenvalue weighted by molar-refractivity contribution is -0.0918. The number of unbranched alkanes of at least 4 members (excludes halogenated alkanes) is 13. The van der Waals surface area contributed by atoms with Crippen LogP contribution >= 0.6 is 7.60 Å². The lowest BCUT2D eigenvalue weighted by Gasteiger charge is -2.26. The number of hydrogen-bond acceptors (Lipinski definition) is 8. The highest BCUT2D eigenvalue weighted by molar-refractivity contribution is 7.52. The van der Waals surface area contributed by atoms with Gasteiger partial charge in [0.25, 0.3) is 5.56 Å². The molecule has 0 bridgehead atoms. The molecule has 0 spiro atoms. The summed E-state index contributed by atoms with van der Waals surface area (Å²) in [7, 11) is -2.73. The van der Waals surface area contributed by atoms with E-state index >= 15 is 0 Å². The number of hydrogen-bond donors (Lipinski definition) is 2. The molecule has 1 aromatic rings. The van der Waals surface area contributed by atoms with Gasteiger partial charge in [-0.3, -0.25) is 18.9 Å². The predicted octanol–water partition coefficient (Wildman–Crippen LogP) is 6.88. The summed E-state index contributed by atoms with van der Waals surface area (Å²) in [5.74, 6) is 0. The zero-order chi connectivity index (χ0) is 32.3. The van der Waals surface area contributed by atoms with Gasteiger partial charge >= 0.3 is 13.3 Å². The van der Waals surface area contributed by atoms with E-state index in [-0.39, 0.29) is 25.6 Å². The second-order valence-electron chi connectivity index (χ2n) is 11.8. The molecule has 0 aromatic carbocycles. The highest BCUT2D eigenvalue weighted by atomic mass is 31.2. The molecule has 13 nitrogen and oxygen atoms in total. The van der Waals surface area contributed by atoms with Crippen molar-refractivity contribution in [2.24, 2.45) is 5.11 Å². The predicted molar refractivity (Wildman–Crippen MR) is 170 cm³/mol. The number of nitrogens with one attached hydrogen (secondary N) is 1. The van der Waals surface area contributed by atoms with Crippen LogP contribution in [0.15, 0.2) is 20.9 Å². The van der Waals surface area contributed by atoms with Crippen LogP contribution in [0.2, 0.25) is 0 Å². The van der Waals surface area contributed by atoms with E-state index in [1.165, 1.54) is 94.9 Å². The number of aryl methyl sites for hydroxylation is 1. The van der Waals surface area contributed by atoms with Crippen LogP contribution in [0, 0.1) is 6.92 Å². The van der Waals surface area contributed by atoms with Crippen molar-refractivity contribution in [3.05, 3.63) is 43.0 Å². The number of aromatic amines is 1. The van der Waals surface area contributed by atoms with Gasteiger partial charge in [-0.1, -0.05) is 95.5 Å². The Labute approximate surface area is 261 Å². The third kappa shape index (κ3) is 14.4. The second-order valence-corrected chi connectivity index (χ2v) is 13.7. The first kappa shape index (κ1) is 38.2. The lowest BCUT2D eigenvalue weighted by atomic mass is 10.0. The van der Waals surface area contributed by atoms with Crippen molar-refractivity contribution >= 4 is 7.60 Å².